The fourth-order valence-electron chi connectivity index (χ4n) is 4.28. The number of rotatable bonds is 9. The van der Waals surface area contributed by atoms with Gasteiger partial charge in [0.05, 0.1) is 23.4 Å². The molecular formula is C27H26ClN3O3S3. The minimum atomic E-state index is -3.49. The van der Waals surface area contributed by atoms with Crippen LogP contribution >= 0.6 is 34.7 Å². The van der Waals surface area contributed by atoms with E-state index in [0.29, 0.717) is 28.8 Å². The molecule has 0 amide bonds. The molecule has 2 aromatic carbocycles. The van der Waals surface area contributed by atoms with E-state index in [0.717, 1.165) is 39.6 Å². The van der Waals surface area contributed by atoms with E-state index in [9.17, 15) is 8.42 Å². The molecule has 37 heavy (non-hydrogen) atoms. The largest absolute Gasteiger partial charge is 0.495 e. The van der Waals surface area contributed by atoms with Crippen LogP contribution in [0.2, 0.25) is 5.02 Å². The summed E-state index contributed by atoms with van der Waals surface area (Å²) in [6.45, 7) is 0. The van der Waals surface area contributed by atoms with Crippen LogP contribution in [0, 0.1) is 0 Å². The quantitative estimate of drug-likeness (QED) is 0.233. The summed E-state index contributed by atoms with van der Waals surface area (Å²) in [5.74, 6) is 3.43. The van der Waals surface area contributed by atoms with Crippen molar-refractivity contribution >= 4 is 50.1 Å². The molecule has 4 aromatic rings. The van der Waals surface area contributed by atoms with Crippen LogP contribution in [-0.4, -0.2) is 47.6 Å². The van der Waals surface area contributed by atoms with Crippen LogP contribution in [0.4, 0.5) is 0 Å². The van der Waals surface area contributed by atoms with Crippen LogP contribution in [0.3, 0.4) is 0 Å². The number of allylic oxidation sites excluding steroid dienone is 1. The van der Waals surface area contributed by atoms with Crippen LogP contribution < -0.4 is 4.74 Å². The Hall–Kier alpha value is -2.59. The number of nitrogens with zero attached hydrogens (tertiary/aromatic N) is 3. The zero-order valence-corrected chi connectivity index (χ0v) is 23.5. The molecule has 0 aliphatic carbocycles. The molecule has 1 aliphatic rings. The number of hydrogen-bond acceptors (Lipinski definition) is 7. The maximum atomic E-state index is 13.2. The van der Waals surface area contributed by atoms with E-state index in [-0.39, 0.29) is 11.5 Å². The minimum absolute atomic E-state index is 0.00243. The second-order valence-corrected chi connectivity index (χ2v) is 13.4. The number of hydrogen-bond donors (Lipinski definition) is 0. The molecule has 0 radical (unpaired) electrons. The maximum absolute atomic E-state index is 13.2. The summed E-state index contributed by atoms with van der Waals surface area (Å²) < 4.78 is 34.0. The van der Waals surface area contributed by atoms with E-state index in [1.807, 2.05) is 52.0 Å². The first-order valence-corrected chi connectivity index (χ1v) is 16.1. The molecule has 2 aromatic heterocycles. The predicted octanol–water partition coefficient (Wildman–Crippen LogP) is 6.34. The lowest BCUT2D eigenvalue weighted by Crippen LogP contribution is -2.15. The molecule has 0 spiro atoms. The number of aromatic nitrogens is 3. The zero-order chi connectivity index (χ0) is 25.8. The molecule has 0 bridgehead atoms. The van der Waals surface area contributed by atoms with Crippen molar-refractivity contribution in [3.63, 3.8) is 0 Å². The lowest BCUT2D eigenvalue weighted by Gasteiger charge is -2.18. The van der Waals surface area contributed by atoms with Gasteiger partial charge in [-0.15, -0.1) is 21.5 Å². The number of ether oxygens (including phenoxy) is 1. The van der Waals surface area contributed by atoms with E-state index in [2.05, 4.69) is 28.4 Å². The Morgan fingerprint density at radius 3 is 2.65 bits per heavy atom. The van der Waals surface area contributed by atoms with Gasteiger partial charge in [-0.1, -0.05) is 41.9 Å². The average Bonchev–Trinajstić information content (AvgIpc) is 3.58. The van der Waals surface area contributed by atoms with Crippen LogP contribution in [0.25, 0.3) is 22.0 Å². The van der Waals surface area contributed by atoms with Gasteiger partial charge in [0.2, 0.25) is 0 Å². The average molecular weight is 572 g/mol. The number of aryl methyl sites for hydroxylation is 1. The Labute approximate surface area is 230 Å². The van der Waals surface area contributed by atoms with Gasteiger partial charge in [0, 0.05) is 10.8 Å². The van der Waals surface area contributed by atoms with Gasteiger partial charge in [-0.25, -0.2) is 8.42 Å². The standard InChI is InChI=1S/C27H26ClN3O3S3/c1-34-24-9-6-21(20-10-14-35-15-11-20)17-23(24)31-26(29-30-27(31)25-3-2-13-36-25)18-37(32,33)16-12-19-4-7-22(28)8-5-19/h2-10,13,17H,11-12,14-16,18H2,1H3. The van der Waals surface area contributed by atoms with Gasteiger partial charge in [-0.05, 0) is 71.0 Å². The number of methoxy groups -OCH3 is 1. The Kier molecular flexibility index (Phi) is 8.04. The molecule has 0 saturated carbocycles. The van der Waals surface area contributed by atoms with Gasteiger partial charge in [0.25, 0.3) is 0 Å². The SMILES string of the molecule is COc1ccc(C2=CCSCC2)cc1-n1c(CS(=O)(=O)CCc2ccc(Cl)cc2)nnc1-c1cccs1. The summed E-state index contributed by atoms with van der Waals surface area (Å²) in [5.41, 5.74) is 4.03. The number of benzene rings is 2. The first kappa shape index (κ1) is 26.0. The molecule has 0 saturated heterocycles. The predicted molar refractivity (Wildman–Crippen MR) is 154 cm³/mol. The highest BCUT2D eigenvalue weighted by atomic mass is 35.5. The number of halogens is 1. The molecule has 5 rings (SSSR count). The van der Waals surface area contributed by atoms with Crippen molar-refractivity contribution in [2.75, 3.05) is 24.4 Å². The third-order valence-electron chi connectivity index (χ3n) is 6.19. The molecular weight excluding hydrogens is 546 g/mol. The maximum Gasteiger partial charge on any atom is 0.178 e. The summed E-state index contributed by atoms with van der Waals surface area (Å²) in [6, 6.07) is 17.2. The Morgan fingerprint density at radius 1 is 1.11 bits per heavy atom. The fraction of sp³-hybridized carbons (Fsp3) is 0.259. The first-order chi connectivity index (χ1) is 17.9. The fourth-order valence-corrected chi connectivity index (χ4v) is 7.22. The smallest absolute Gasteiger partial charge is 0.178 e. The summed E-state index contributed by atoms with van der Waals surface area (Å²) >= 11 is 9.41. The van der Waals surface area contributed by atoms with Gasteiger partial charge in [-0.3, -0.25) is 4.57 Å². The Balaban J connectivity index is 1.53. The summed E-state index contributed by atoms with van der Waals surface area (Å²) in [5, 5.41) is 11.4. The minimum Gasteiger partial charge on any atom is -0.495 e. The lowest BCUT2D eigenvalue weighted by molar-refractivity contribution is 0.412. The second-order valence-electron chi connectivity index (χ2n) is 8.66. The highest BCUT2D eigenvalue weighted by molar-refractivity contribution is 7.99. The molecule has 192 valence electrons. The lowest BCUT2D eigenvalue weighted by atomic mass is 10.0. The van der Waals surface area contributed by atoms with Crippen molar-refractivity contribution in [2.24, 2.45) is 0 Å². The van der Waals surface area contributed by atoms with E-state index in [1.165, 1.54) is 16.9 Å². The van der Waals surface area contributed by atoms with Crippen molar-refractivity contribution in [1.82, 2.24) is 14.8 Å². The van der Waals surface area contributed by atoms with Crippen molar-refractivity contribution in [3.8, 4) is 22.1 Å². The third-order valence-corrected chi connectivity index (χ3v) is 9.73. The Bertz CT molecular complexity index is 1510. The first-order valence-electron chi connectivity index (χ1n) is 11.8. The number of thiophene rings is 1. The third kappa shape index (κ3) is 6.12. The highest BCUT2D eigenvalue weighted by Crippen LogP contribution is 2.35. The Morgan fingerprint density at radius 2 is 1.95 bits per heavy atom. The normalized spacial score (nSPS) is 13.9. The summed E-state index contributed by atoms with van der Waals surface area (Å²) in [7, 11) is -1.87. The van der Waals surface area contributed by atoms with Crippen LogP contribution in [0.5, 0.6) is 5.75 Å². The molecule has 6 nitrogen and oxygen atoms in total. The molecule has 0 fully saturated rings. The molecule has 10 heteroatoms. The summed E-state index contributed by atoms with van der Waals surface area (Å²) in [4.78, 5) is 0.901. The number of thioether (sulfide) groups is 1. The molecule has 0 atom stereocenters. The van der Waals surface area contributed by atoms with Gasteiger partial charge >= 0.3 is 0 Å². The number of sulfone groups is 1. The van der Waals surface area contributed by atoms with Crippen molar-refractivity contribution < 1.29 is 13.2 Å². The van der Waals surface area contributed by atoms with Crippen molar-refractivity contribution in [2.45, 2.75) is 18.6 Å². The van der Waals surface area contributed by atoms with Crippen molar-refractivity contribution in [1.29, 1.82) is 0 Å². The monoisotopic (exact) mass is 571 g/mol. The van der Waals surface area contributed by atoms with Gasteiger partial charge in [0.1, 0.15) is 11.5 Å². The second kappa shape index (κ2) is 11.4. The van der Waals surface area contributed by atoms with E-state index in [4.69, 9.17) is 16.3 Å². The van der Waals surface area contributed by atoms with Gasteiger partial charge in [-0.2, -0.15) is 11.8 Å². The topological polar surface area (TPSA) is 74.1 Å². The van der Waals surface area contributed by atoms with Crippen LogP contribution in [-0.2, 0) is 22.0 Å². The van der Waals surface area contributed by atoms with Crippen molar-refractivity contribution in [3.05, 3.63) is 88.0 Å². The highest BCUT2D eigenvalue weighted by Gasteiger charge is 2.24. The van der Waals surface area contributed by atoms with E-state index in [1.54, 1.807) is 19.2 Å². The van der Waals surface area contributed by atoms with E-state index < -0.39 is 9.84 Å². The van der Waals surface area contributed by atoms with Gasteiger partial charge < -0.3 is 4.74 Å². The molecule has 0 unspecified atom stereocenters. The molecule has 0 N–H and O–H groups in total. The zero-order valence-electron chi connectivity index (χ0n) is 20.3. The van der Waals surface area contributed by atoms with Gasteiger partial charge in [0.15, 0.2) is 21.5 Å². The van der Waals surface area contributed by atoms with Crippen LogP contribution in [0.1, 0.15) is 23.4 Å². The van der Waals surface area contributed by atoms with E-state index >= 15 is 0 Å². The van der Waals surface area contributed by atoms with Crippen LogP contribution in [0.15, 0.2) is 66.1 Å². The molecule has 1 aliphatic heterocycles. The summed E-state index contributed by atoms with van der Waals surface area (Å²) in [6.07, 6.45) is 3.65. The molecule has 3 heterocycles.